The normalized spacial score (nSPS) is 20.0. The van der Waals surface area contributed by atoms with Gasteiger partial charge < -0.3 is 5.32 Å². The molecule has 2 saturated carbocycles. The number of allylic oxidation sites excluding steroid dienone is 1. The van der Waals surface area contributed by atoms with Crippen molar-refractivity contribution in [2.24, 2.45) is 17.3 Å². The molecule has 2 heteroatoms. The molecule has 0 saturated heterocycles. The summed E-state index contributed by atoms with van der Waals surface area (Å²) in [6.45, 7) is 18.3. The molecule has 1 amide bonds. The van der Waals surface area contributed by atoms with Gasteiger partial charge in [0.1, 0.15) is 0 Å². The Kier molecular flexibility index (Phi) is 7.92. The lowest BCUT2D eigenvalue weighted by molar-refractivity contribution is -0.122. The smallest absolute Gasteiger partial charge is 0.227 e. The van der Waals surface area contributed by atoms with Crippen LogP contribution in [0.2, 0.25) is 0 Å². The minimum absolute atomic E-state index is 0.127. The zero-order valence-electron chi connectivity index (χ0n) is 17.3. The zero-order chi connectivity index (χ0) is 19.2. The molecular weight excluding hydrogens is 306 g/mol. The van der Waals surface area contributed by atoms with Crippen LogP contribution in [0.15, 0.2) is 30.5 Å². The largest absolute Gasteiger partial charge is 0.330 e. The average Bonchev–Trinajstić information content (AvgIpc) is 3.11. The van der Waals surface area contributed by atoms with Crippen molar-refractivity contribution in [3.05, 3.63) is 47.2 Å². The Bertz CT molecular complexity index is 596. The molecule has 2 fully saturated rings. The molecule has 0 heterocycles. The van der Waals surface area contributed by atoms with Gasteiger partial charge in [0.15, 0.2) is 0 Å². The van der Waals surface area contributed by atoms with E-state index in [9.17, 15) is 4.79 Å². The molecule has 0 unspecified atom stereocenters. The summed E-state index contributed by atoms with van der Waals surface area (Å²) in [7, 11) is 0. The van der Waals surface area contributed by atoms with E-state index in [1.54, 1.807) is 6.92 Å². The predicted octanol–water partition coefficient (Wildman–Crippen LogP) is 6.10. The molecule has 1 aromatic carbocycles. The van der Waals surface area contributed by atoms with Crippen LogP contribution in [0.25, 0.3) is 0 Å². The lowest BCUT2D eigenvalue weighted by atomic mass is 9.88. The van der Waals surface area contributed by atoms with Gasteiger partial charge in [0, 0.05) is 11.6 Å². The number of hydrogen-bond donors (Lipinski definition) is 1. The van der Waals surface area contributed by atoms with Gasteiger partial charge in [-0.25, -0.2) is 0 Å². The van der Waals surface area contributed by atoms with Crippen molar-refractivity contribution in [3.63, 3.8) is 0 Å². The van der Waals surface area contributed by atoms with Gasteiger partial charge in [-0.1, -0.05) is 70.4 Å². The van der Waals surface area contributed by atoms with Crippen molar-refractivity contribution < 1.29 is 4.79 Å². The highest BCUT2D eigenvalue weighted by atomic mass is 16.2. The second-order valence-electron chi connectivity index (χ2n) is 8.64. The Morgan fingerprint density at radius 3 is 1.96 bits per heavy atom. The summed E-state index contributed by atoms with van der Waals surface area (Å²) in [5.74, 6) is 1.40. The second kappa shape index (κ2) is 9.22. The fourth-order valence-corrected chi connectivity index (χ4v) is 2.72. The molecule has 0 aliphatic heterocycles. The molecule has 2 nitrogen and oxygen atoms in total. The van der Waals surface area contributed by atoms with E-state index >= 15 is 0 Å². The molecular formula is C23H37NO. The van der Waals surface area contributed by atoms with E-state index in [0.717, 1.165) is 18.0 Å². The van der Waals surface area contributed by atoms with E-state index in [1.165, 1.54) is 36.0 Å². The maximum absolute atomic E-state index is 11.3. The van der Waals surface area contributed by atoms with Gasteiger partial charge >= 0.3 is 0 Å². The highest BCUT2D eigenvalue weighted by molar-refractivity contribution is 5.83. The standard InChI is InChI=1S/C9H15NO.C9H12.C5H10/c1-6(2)10-8(11)7-5-9(7,3)4;1-7-4-5-8(2)9(3)6-7;1-5-3-2-4-5/h7H,1,5H2,2-4H3,(H,10,11);4-6H,1-3H3;5H,2-4H2,1H3/t7-;;/m1../s1. The van der Waals surface area contributed by atoms with Gasteiger partial charge in [0.25, 0.3) is 0 Å². The fraction of sp³-hybridized carbons (Fsp3) is 0.609. The zero-order valence-corrected chi connectivity index (χ0v) is 17.3. The number of carbonyl (C=O) groups excluding carboxylic acids is 1. The Labute approximate surface area is 155 Å². The molecule has 1 N–H and O–H groups in total. The Balaban J connectivity index is 0.000000200. The first-order valence-corrected chi connectivity index (χ1v) is 9.53. The number of rotatable bonds is 2. The van der Waals surface area contributed by atoms with Gasteiger partial charge in [0.2, 0.25) is 5.91 Å². The summed E-state index contributed by atoms with van der Waals surface area (Å²) < 4.78 is 0. The van der Waals surface area contributed by atoms with E-state index < -0.39 is 0 Å². The van der Waals surface area contributed by atoms with Crippen LogP contribution in [0.1, 0.15) is 70.1 Å². The lowest BCUT2D eigenvalue weighted by Gasteiger charge is -2.18. The van der Waals surface area contributed by atoms with Crippen molar-refractivity contribution in [2.45, 2.75) is 74.1 Å². The molecule has 140 valence electrons. The van der Waals surface area contributed by atoms with Gasteiger partial charge in [-0.15, -0.1) is 0 Å². The van der Waals surface area contributed by atoms with Crippen molar-refractivity contribution in [1.82, 2.24) is 5.32 Å². The highest BCUT2D eigenvalue weighted by Crippen LogP contribution is 2.51. The summed E-state index contributed by atoms with van der Waals surface area (Å²) in [5.41, 5.74) is 5.06. The first kappa shape index (κ1) is 21.5. The Morgan fingerprint density at radius 2 is 1.68 bits per heavy atom. The predicted molar refractivity (Wildman–Crippen MR) is 109 cm³/mol. The third-order valence-electron chi connectivity index (χ3n) is 5.22. The van der Waals surface area contributed by atoms with Crippen LogP contribution >= 0.6 is 0 Å². The van der Waals surface area contributed by atoms with Crippen LogP contribution in [-0.4, -0.2) is 5.91 Å². The third-order valence-corrected chi connectivity index (χ3v) is 5.22. The van der Waals surface area contributed by atoms with Crippen molar-refractivity contribution in [3.8, 4) is 0 Å². The van der Waals surface area contributed by atoms with E-state index in [0.29, 0.717) is 0 Å². The van der Waals surface area contributed by atoms with Gasteiger partial charge in [-0.05, 0) is 56.6 Å². The Hall–Kier alpha value is -1.57. The van der Waals surface area contributed by atoms with Crippen LogP contribution in [-0.2, 0) is 4.79 Å². The second-order valence-corrected chi connectivity index (χ2v) is 8.64. The molecule has 3 rings (SSSR count). The van der Waals surface area contributed by atoms with Gasteiger partial charge in [-0.3, -0.25) is 4.79 Å². The summed E-state index contributed by atoms with van der Waals surface area (Å²) in [6, 6.07) is 6.50. The number of aryl methyl sites for hydroxylation is 3. The van der Waals surface area contributed by atoms with Crippen LogP contribution in [0.3, 0.4) is 0 Å². The van der Waals surface area contributed by atoms with E-state index in [2.05, 4.69) is 71.6 Å². The van der Waals surface area contributed by atoms with Crippen molar-refractivity contribution in [1.29, 1.82) is 0 Å². The molecule has 2 aliphatic rings. The van der Waals surface area contributed by atoms with Gasteiger partial charge in [-0.2, -0.15) is 0 Å². The Morgan fingerprint density at radius 1 is 1.16 bits per heavy atom. The van der Waals surface area contributed by atoms with Crippen molar-refractivity contribution in [2.75, 3.05) is 0 Å². The minimum atomic E-state index is 0.127. The molecule has 0 aromatic heterocycles. The SMILES string of the molecule is C=C(C)NC(=O)[C@H]1CC1(C)C.CC1CCC1.Cc1ccc(C)c(C)c1. The number of carbonyl (C=O) groups is 1. The molecule has 25 heavy (non-hydrogen) atoms. The highest BCUT2D eigenvalue weighted by Gasteiger charge is 2.50. The number of benzene rings is 1. The van der Waals surface area contributed by atoms with Crippen LogP contribution in [0, 0.1) is 38.0 Å². The van der Waals surface area contributed by atoms with Crippen LogP contribution in [0.4, 0.5) is 0 Å². The number of hydrogen-bond acceptors (Lipinski definition) is 1. The third kappa shape index (κ3) is 7.90. The number of nitrogens with one attached hydrogen (secondary N) is 1. The maximum atomic E-state index is 11.3. The summed E-state index contributed by atoms with van der Waals surface area (Å²) in [5, 5.41) is 2.73. The monoisotopic (exact) mass is 343 g/mol. The summed E-state index contributed by atoms with van der Waals surface area (Å²) in [4.78, 5) is 11.3. The first-order valence-electron chi connectivity index (χ1n) is 9.53. The van der Waals surface area contributed by atoms with E-state index in [1.807, 2.05) is 0 Å². The molecule has 0 bridgehead atoms. The molecule has 2 aliphatic carbocycles. The van der Waals surface area contributed by atoms with E-state index in [4.69, 9.17) is 0 Å². The van der Waals surface area contributed by atoms with Crippen molar-refractivity contribution >= 4 is 5.91 Å². The van der Waals surface area contributed by atoms with Crippen LogP contribution in [0.5, 0.6) is 0 Å². The minimum Gasteiger partial charge on any atom is -0.330 e. The van der Waals surface area contributed by atoms with E-state index in [-0.39, 0.29) is 17.2 Å². The summed E-state index contributed by atoms with van der Waals surface area (Å²) in [6.07, 6.45) is 5.47. The quantitative estimate of drug-likeness (QED) is 0.690. The molecule has 0 radical (unpaired) electrons. The molecule has 1 aromatic rings. The average molecular weight is 344 g/mol. The number of amides is 1. The fourth-order valence-electron chi connectivity index (χ4n) is 2.72. The van der Waals surface area contributed by atoms with Crippen LogP contribution < -0.4 is 5.32 Å². The first-order chi connectivity index (χ1) is 11.5. The molecule has 1 atom stereocenters. The lowest BCUT2D eigenvalue weighted by Crippen LogP contribution is -2.24. The van der Waals surface area contributed by atoms with Gasteiger partial charge in [0.05, 0.1) is 0 Å². The maximum Gasteiger partial charge on any atom is 0.227 e. The molecule has 0 spiro atoms. The topological polar surface area (TPSA) is 29.1 Å². The summed E-state index contributed by atoms with van der Waals surface area (Å²) >= 11 is 0.